The van der Waals surface area contributed by atoms with Crippen molar-refractivity contribution in [1.82, 2.24) is 4.98 Å². The average molecular weight is 265 g/mol. The summed E-state index contributed by atoms with van der Waals surface area (Å²) in [5.74, 6) is 0.481. The highest BCUT2D eigenvalue weighted by Crippen LogP contribution is 2.37. The predicted octanol–water partition coefficient (Wildman–Crippen LogP) is 4.13. The standard InChI is InChI=1S/C17H12FNO/c18-11-5-6-17-14(9-11)12(7-8-20-17)15-10-19-16-4-2-1-3-13(15)16/h1-7,9-10,19H,8H2. The normalized spacial score (nSPS) is 13.8. The maximum absolute atomic E-state index is 13.5. The highest BCUT2D eigenvalue weighted by Gasteiger charge is 2.18. The number of rotatable bonds is 1. The molecule has 0 unspecified atom stereocenters. The number of benzene rings is 2. The third-order valence-electron chi connectivity index (χ3n) is 3.64. The average Bonchev–Trinajstić information content (AvgIpc) is 2.90. The van der Waals surface area contributed by atoms with Crippen molar-refractivity contribution in [3.05, 3.63) is 71.7 Å². The number of aromatic amines is 1. The monoisotopic (exact) mass is 265 g/mol. The Morgan fingerprint density at radius 3 is 2.90 bits per heavy atom. The molecule has 0 saturated heterocycles. The molecule has 0 saturated carbocycles. The molecular weight excluding hydrogens is 253 g/mol. The molecular formula is C17H12FNO. The zero-order valence-corrected chi connectivity index (χ0v) is 10.7. The van der Waals surface area contributed by atoms with Crippen molar-refractivity contribution < 1.29 is 9.13 Å². The predicted molar refractivity (Wildman–Crippen MR) is 77.3 cm³/mol. The molecule has 2 heterocycles. The van der Waals surface area contributed by atoms with E-state index < -0.39 is 0 Å². The van der Waals surface area contributed by atoms with Crippen molar-refractivity contribution in [2.75, 3.05) is 6.61 Å². The van der Waals surface area contributed by atoms with E-state index in [0.29, 0.717) is 6.61 Å². The summed E-state index contributed by atoms with van der Waals surface area (Å²) >= 11 is 0. The molecule has 4 rings (SSSR count). The molecule has 1 aromatic heterocycles. The van der Waals surface area contributed by atoms with Gasteiger partial charge < -0.3 is 9.72 Å². The van der Waals surface area contributed by atoms with Gasteiger partial charge in [-0.05, 0) is 35.9 Å². The van der Waals surface area contributed by atoms with Gasteiger partial charge in [-0.1, -0.05) is 18.2 Å². The maximum atomic E-state index is 13.5. The largest absolute Gasteiger partial charge is 0.489 e. The zero-order chi connectivity index (χ0) is 13.5. The fourth-order valence-corrected chi connectivity index (χ4v) is 2.71. The minimum absolute atomic E-state index is 0.250. The van der Waals surface area contributed by atoms with Crippen molar-refractivity contribution in [2.45, 2.75) is 0 Å². The van der Waals surface area contributed by atoms with Gasteiger partial charge in [0.25, 0.3) is 0 Å². The molecule has 0 amide bonds. The molecule has 2 nitrogen and oxygen atoms in total. The number of aromatic nitrogens is 1. The molecule has 3 aromatic rings. The second-order valence-corrected chi connectivity index (χ2v) is 4.82. The van der Waals surface area contributed by atoms with Gasteiger partial charge in [-0.2, -0.15) is 0 Å². The number of hydrogen-bond acceptors (Lipinski definition) is 1. The van der Waals surface area contributed by atoms with E-state index in [1.54, 1.807) is 6.07 Å². The van der Waals surface area contributed by atoms with Crippen molar-refractivity contribution in [3.63, 3.8) is 0 Å². The molecule has 0 aliphatic carbocycles. The Morgan fingerprint density at radius 1 is 1.05 bits per heavy atom. The van der Waals surface area contributed by atoms with Crippen molar-refractivity contribution in [1.29, 1.82) is 0 Å². The molecule has 0 radical (unpaired) electrons. The zero-order valence-electron chi connectivity index (χ0n) is 10.7. The lowest BCUT2D eigenvalue weighted by molar-refractivity contribution is 0.356. The summed E-state index contributed by atoms with van der Waals surface area (Å²) in [7, 11) is 0. The molecule has 1 aliphatic rings. The van der Waals surface area contributed by atoms with Crippen LogP contribution in [0.25, 0.3) is 16.5 Å². The van der Waals surface area contributed by atoms with Gasteiger partial charge in [0.1, 0.15) is 18.2 Å². The highest BCUT2D eigenvalue weighted by molar-refractivity contribution is 5.98. The summed E-state index contributed by atoms with van der Waals surface area (Å²) in [4.78, 5) is 3.26. The number of ether oxygens (including phenoxy) is 1. The van der Waals surface area contributed by atoms with Crippen LogP contribution in [0.2, 0.25) is 0 Å². The van der Waals surface area contributed by atoms with E-state index in [-0.39, 0.29) is 5.82 Å². The van der Waals surface area contributed by atoms with E-state index in [4.69, 9.17) is 4.74 Å². The minimum Gasteiger partial charge on any atom is -0.489 e. The van der Waals surface area contributed by atoms with Crippen LogP contribution in [0.15, 0.2) is 54.7 Å². The third kappa shape index (κ3) is 1.63. The Kier molecular flexibility index (Phi) is 2.39. The highest BCUT2D eigenvalue weighted by atomic mass is 19.1. The maximum Gasteiger partial charge on any atom is 0.127 e. The number of para-hydroxylation sites is 1. The van der Waals surface area contributed by atoms with E-state index >= 15 is 0 Å². The molecule has 2 aromatic carbocycles. The first-order valence-corrected chi connectivity index (χ1v) is 6.52. The van der Waals surface area contributed by atoms with Crippen LogP contribution in [-0.4, -0.2) is 11.6 Å². The van der Waals surface area contributed by atoms with Gasteiger partial charge in [-0.15, -0.1) is 0 Å². The number of hydrogen-bond donors (Lipinski definition) is 1. The summed E-state index contributed by atoms with van der Waals surface area (Å²) in [5.41, 5.74) is 3.98. The topological polar surface area (TPSA) is 25.0 Å². The van der Waals surface area contributed by atoms with Crippen LogP contribution in [0.5, 0.6) is 5.75 Å². The molecule has 0 spiro atoms. The number of nitrogens with one attached hydrogen (secondary N) is 1. The van der Waals surface area contributed by atoms with Crippen molar-refractivity contribution >= 4 is 16.5 Å². The number of fused-ring (bicyclic) bond motifs is 2. The molecule has 0 fully saturated rings. The van der Waals surface area contributed by atoms with E-state index in [1.165, 1.54) is 12.1 Å². The molecule has 3 heteroatoms. The first kappa shape index (κ1) is 11.3. The van der Waals surface area contributed by atoms with Gasteiger partial charge in [-0.25, -0.2) is 4.39 Å². The molecule has 0 bridgehead atoms. The van der Waals surface area contributed by atoms with Crippen LogP contribution < -0.4 is 4.74 Å². The third-order valence-corrected chi connectivity index (χ3v) is 3.64. The van der Waals surface area contributed by atoms with Crippen LogP contribution in [0, 0.1) is 5.82 Å². The molecule has 1 aliphatic heterocycles. The van der Waals surface area contributed by atoms with Gasteiger partial charge in [0, 0.05) is 28.2 Å². The summed E-state index contributed by atoms with van der Waals surface area (Å²) < 4.78 is 19.1. The van der Waals surface area contributed by atoms with Crippen LogP contribution in [0.4, 0.5) is 4.39 Å². The van der Waals surface area contributed by atoms with Crippen molar-refractivity contribution in [2.24, 2.45) is 0 Å². The molecule has 98 valence electrons. The van der Waals surface area contributed by atoms with Gasteiger partial charge in [0.05, 0.1) is 0 Å². The summed E-state index contributed by atoms with van der Waals surface area (Å²) in [6.45, 7) is 0.507. The van der Waals surface area contributed by atoms with Gasteiger partial charge in [0.15, 0.2) is 0 Å². The van der Waals surface area contributed by atoms with E-state index in [9.17, 15) is 4.39 Å². The van der Waals surface area contributed by atoms with E-state index in [1.807, 2.05) is 30.5 Å². The van der Waals surface area contributed by atoms with Crippen LogP contribution in [0.3, 0.4) is 0 Å². The Balaban J connectivity index is 1.95. The Morgan fingerprint density at radius 2 is 1.95 bits per heavy atom. The number of halogens is 1. The number of H-pyrrole nitrogens is 1. The van der Waals surface area contributed by atoms with Gasteiger partial charge in [0.2, 0.25) is 0 Å². The minimum atomic E-state index is -0.250. The lowest BCUT2D eigenvalue weighted by Crippen LogP contribution is -2.05. The Bertz CT molecular complexity index is 832. The summed E-state index contributed by atoms with van der Waals surface area (Å²) in [6, 6.07) is 12.7. The van der Waals surface area contributed by atoms with Crippen LogP contribution in [0.1, 0.15) is 11.1 Å². The van der Waals surface area contributed by atoms with Crippen molar-refractivity contribution in [3.8, 4) is 5.75 Å². The van der Waals surface area contributed by atoms with Crippen LogP contribution in [-0.2, 0) is 0 Å². The summed E-state index contributed by atoms with van der Waals surface area (Å²) in [5, 5.41) is 1.14. The van der Waals surface area contributed by atoms with Gasteiger partial charge in [-0.3, -0.25) is 0 Å². The first-order valence-electron chi connectivity index (χ1n) is 6.52. The van der Waals surface area contributed by atoms with Crippen LogP contribution >= 0.6 is 0 Å². The van der Waals surface area contributed by atoms with Gasteiger partial charge >= 0.3 is 0 Å². The summed E-state index contributed by atoms with van der Waals surface area (Å²) in [6.07, 6.45) is 3.97. The van der Waals surface area contributed by atoms with E-state index in [0.717, 1.165) is 33.4 Å². The Hall–Kier alpha value is -2.55. The Labute approximate surface area is 115 Å². The second-order valence-electron chi connectivity index (χ2n) is 4.82. The SMILES string of the molecule is Fc1ccc2c(c1)C(c1c[nH]c3ccccc13)=CCO2. The second kappa shape index (κ2) is 4.23. The molecule has 20 heavy (non-hydrogen) atoms. The molecule has 0 atom stereocenters. The molecule has 1 N–H and O–H groups in total. The fraction of sp³-hybridized carbons (Fsp3) is 0.0588. The smallest absolute Gasteiger partial charge is 0.127 e. The lowest BCUT2D eigenvalue weighted by Gasteiger charge is -2.18. The lowest BCUT2D eigenvalue weighted by atomic mass is 9.95. The fourth-order valence-electron chi connectivity index (χ4n) is 2.71. The quantitative estimate of drug-likeness (QED) is 0.703. The first-order chi connectivity index (χ1) is 9.83. The van der Waals surface area contributed by atoms with E-state index in [2.05, 4.69) is 11.1 Å².